The van der Waals surface area contributed by atoms with Gasteiger partial charge in [-0.25, -0.2) is 0 Å². The summed E-state index contributed by atoms with van der Waals surface area (Å²) in [7, 11) is 1.67. The number of amides is 2. The lowest BCUT2D eigenvalue weighted by atomic mass is 10.3. The van der Waals surface area contributed by atoms with Gasteiger partial charge in [-0.2, -0.15) is 0 Å². The van der Waals surface area contributed by atoms with E-state index in [1.54, 1.807) is 7.05 Å². The quantitative estimate of drug-likeness (QED) is 0.891. The molecule has 5 nitrogen and oxygen atoms in total. The first-order chi connectivity index (χ1) is 9.54. The predicted molar refractivity (Wildman–Crippen MR) is 78.5 cm³/mol. The first-order valence-corrected chi connectivity index (χ1v) is 7.76. The molecule has 1 N–H and O–H groups in total. The molecule has 2 aliphatic rings. The summed E-state index contributed by atoms with van der Waals surface area (Å²) in [5.74, 6) is -0.180. The maximum atomic E-state index is 12.5. The minimum atomic E-state index is -0.103. The van der Waals surface area contributed by atoms with Crippen LogP contribution in [0.5, 0.6) is 0 Å². The Labute approximate surface area is 126 Å². The van der Waals surface area contributed by atoms with E-state index >= 15 is 0 Å². The van der Waals surface area contributed by atoms with Gasteiger partial charge in [-0.05, 0) is 47.7 Å². The van der Waals surface area contributed by atoms with Crippen molar-refractivity contribution in [1.82, 2.24) is 14.8 Å². The molecule has 0 spiro atoms. The molecule has 0 unspecified atom stereocenters. The third kappa shape index (κ3) is 3.06. The lowest BCUT2D eigenvalue weighted by Gasteiger charge is -2.18. The Morgan fingerprint density at radius 1 is 1.40 bits per heavy atom. The zero-order valence-electron chi connectivity index (χ0n) is 11.4. The van der Waals surface area contributed by atoms with Crippen LogP contribution in [0.2, 0.25) is 0 Å². The number of likely N-dealkylation sites (N-methyl/N-ethyl adjacent to an activating group) is 1. The lowest BCUT2D eigenvalue weighted by molar-refractivity contribution is -0.121. The highest BCUT2D eigenvalue weighted by atomic mass is 79.9. The van der Waals surface area contributed by atoms with Crippen molar-refractivity contribution in [3.8, 4) is 0 Å². The van der Waals surface area contributed by atoms with Gasteiger partial charge in [0.05, 0.1) is 6.54 Å². The number of carbonyl (C=O) groups is 2. The van der Waals surface area contributed by atoms with Crippen LogP contribution in [0, 0.1) is 0 Å². The van der Waals surface area contributed by atoms with Crippen LogP contribution in [0.4, 0.5) is 0 Å². The van der Waals surface area contributed by atoms with Crippen LogP contribution in [0.1, 0.15) is 42.2 Å². The maximum Gasteiger partial charge on any atom is 0.270 e. The molecule has 0 aliphatic heterocycles. The Kier molecular flexibility index (Phi) is 3.58. The Morgan fingerprint density at radius 3 is 2.70 bits per heavy atom. The van der Waals surface area contributed by atoms with Crippen LogP contribution in [0.25, 0.3) is 0 Å². The molecule has 0 bridgehead atoms. The van der Waals surface area contributed by atoms with E-state index in [1.165, 1.54) is 4.90 Å². The fourth-order valence-corrected chi connectivity index (χ4v) is 2.69. The van der Waals surface area contributed by atoms with Gasteiger partial charge < -0.3 is 14.8 Å². The highest BCUT2D eigenvalue weighted by molar-refractivity contribution is 9.10. The van der Waals surface area contributed by atoms with Crippen LogP contribution in [0.15, 0.2) is 16.7 Å². The molecule has 0 aromatic carbocycles. The minimum Gasteiger partial charge on any atom is -0.352 e. The van der Waals surface area contributed by atoms with Crippen LogP contribution < -0.4 is 5.32 Å². The second kappa shape index (κ2) is 5.24. The molecular formula is C14H18BrN3O2. The Hall–Kier alpha value is -1.30. The Morgan fingerprint density at radius 2 is 2.10 bits per heavy atom. The van der Waals surface area contributed by atoms with Crippen molar-refractivity contribution in [3.05, 3.63) is 22.4 Å². The smallest absolute Gasteiger partial charge is 0.270 e. The van der Waals surface area contributed by atoms with Crippen molar-refractivity contribution >= 4 is 27.7 Å². The van der Waals surface area contributed by atoms with Crippen LogP contribution in [-0.2, 0) is 4.79 Å². The van der Waals surface area contributed by atoms with Gasteiger partial charge in [-0.3, -0.25) is 9.59 Å². The van der Waals surface area contributed by atoms with Crippen LogP contribution in [0.3, 0.4) is 0 Å². The number of hydrogen-bond donors (Lipinski definition) is 1. The SMILES string of the molecule is CN(CC(=O)NC1CC1)C(=O)c1cc(Br)cn1C1CC1. The van der Waals surface area contributed by atoms with E-state index in [9.17, 15) is 9.59 Å². The topological polar surface area (TPSA) is 54.3 Å². The summed E-state index contributed by atoms with van der Waals surface area (Å²) < 4.78 is 2.92. The maximum absolute atomic E-state index is 12.5. The molecule has 2 saturated carbocycles. The predicted octanol–water partition coefficient (Wildman–Crippen LogP) is 1.94. The molecule has 0 atom stereocenters. The van der Waals surface area contributed by atoms with Gasteiger partial charge in [0.2, 0.25) is 5.91 Å². The second-order valence-corrected chi connectivity index (χ2v) is 6.60. The number of aromatic nitrogens is 1. The molecule has 1 heterocycles. The molecule has 2 amide bonds. The molecular weight excluding hydrogens is 322 g/mol. The van der Waals surface area contributed by atoms with Crippen LogP contribution >= 0.6 is 15.9 Å². The summed E-state index contributed by atoms with van der Waals surface area (Å²) in [6.45, 7) is 0.114. The van der Waals surface area contributed by atoms with Crippen molar-refractivity contribution < 1.29 is 9.59 Å². The first kappa shape index (κ1) is 13.7. The molecule has 0 saturated heterocycles. The summed E-state index contributed by atoms with van der Waals surface area (Å²) in [6, 6.07) is 2.60. The van der Waals surface area contributed by atoms with E-state index < -0.39 is 0 Å². The number of carbonyl (C=O) groups excluding carboxylic acids is 2. The largest absolute Gasteiger partial charge is 0.352 e. The molecule has 2 aliphatic carbocycles. The average molecular weight is 340 g/mol. The zero-order chi connectivity index (χ0) is 14.3. The molecule has 108 valence electrons. The van der Waals surface area contributed by atoms with Crippen molar-refractivity contribution in [3.63, 3.8) is 0 Å². The van der Waals surface area contributed by atoms with E-state index in [4.69, 9.17) is 0 Å². The van der Waals surface area contributed by atoms with Gasteiger partial charge in [-0.15, -0.1) is 0 Å². The van der Waals surface area contributed by atoms with Gasteiger partial charge in [0, 0.05) is 29.8 Å². The standard InChI is InChI=1S/C14H18BrN3O2/c1-17(8-13(19)16-10-2-3-10)14(20)12-6-9(15)7-18(12)11-4-5-11/h6-7,10-11H,2-5,8H2,1H3,(H,16,19). The normalized spacial score (nSPS) is 17.9. The lowest BCUT2D eigenvalue weighted by Crippen LogP contribution is -2.39. The summed E-state index contributed by atoms with van der Waals surface area (Å²) in [6.07, 6.45) is 6.30. The molecule has 3 rings (SSSR count). The second-order valence-electron chi connectivity index (χ2n) is 5.69. The summed E-state index contributed by atoms with van der Waals surface area (Å²) >= 11 is 3.42. The molecule has 0 radical (unpaired) electrons. The van der Waals surface area contributed by atoms with Gasteiger partial charge in [0.15, 0.2) is 0 Å². The van der Waals surface area contributed by atoms with Crippen molar-refractivity contribution in [2.75, 3.05) is 13.6 Å². The highest BCUT2D eigenvalue weighted by Gasteiger charge is 2.30. The number of halogens is 1. The van der Waals surface area contributed by atoms with Crippen molar-refractivity contribution in [1.29, 1.82) is 0 Å². The minimum absolute atomic E-state index is 0.0769. The van der Waals surface area contributed by atoms with Gasteiger partial charge >= 0.3 is 0 Å². The third-order valence-corrected chi connectivity index (χ3v) is 4.08. The molecule has 1 aromatic rings. The fraction of sp³-hybridized carbons (Fsp3) is 0.571. The Balaban J connectivity index is 1.66. The van der Waals surface area contributed by atoms with E-state index in [2.05, 4.69) is 21.2 Å². The van der Waals surface area contributed by atoms with Gasteiger partial charge in [-0.1, -0.05) is 0 Å². The van der Waals surface area contributed by atoms with E-state index in [0.29, 0.717) is 17.8 Å². The monoisotopic (exact) mass is 339 g/mol. The van der Waals surface area contributed by atoms with Crippen molar-refractivity contribution in [2.24, 2.45) is 0 Å². The molecule has 1 aromatic heterocycles. The summed E-state index contributed by atoms with van der Waals surface area (Å²) in [5.41, 5.74) is 0.654. The number of nitrogens with zero attached hydrogens (tertiary/aromatic N) is 2. The average Bonchev–Trinajstić information content (AvgIpc) is 3.29. The number of nitrogens with one attached hydrogen (secondary N) is 1. The zero-order valence-corrected chi connectivity index (χ0v) is 13.0. The van der Waals surface area contributed by atoms with Crippen LogP contribution in [-0.4, -0.2) is 40.9 Å². The molecule has 2 fully saturated rings. The molecule has 6 heteroatoms. The fourth-order valence-electron chi connectivity index (χ4n) is 2.26. The summed E-state index contributed by atoms with van der Waals surface area (Å²) in [4.78, 5) is 25.7. The van der Waals surface area contributed by atoms with Gasteiger partial charge in [0.25, 0.3) is 5.91 Å². The van der Waals surface area contributed by atoms with Gasteiger partial charge in [0.1, 0.15) is 5.69 Å². The molecule has 20 heavy (non-hydrogen) atoms. The number of hydrogen-bond acceptors (Lipinski definition) is 2. The van der Waals surface area contributed by atoms with E-state index in [-0.39, 0.29) is 18.4 Å². The van der Waals surface area contributed by atoms with E-state index in [1.807, 2.05) is 16.8 Å². The van der Waals surface area contributed by atoms with Crippen molar-refractivity contribution in [2.45, 2.75) is 37.8 Å². The number of rotatable bonds is 5. The Bertz CT molecular complexity index is 547. The highest BCUT2D eigenvalue weighted by Crippen LogP contribution is 2.37. The van der Waals surface area contributed by atoms with E-state index in [0.717, 1.165) is 30.2 Å². The summed E-state index contributed by atoms with van der Waals surface area (Å²) in [5, 5.41) is 2.90. The third-order valence-electron chi connectivity index (χ3n) is 3.64. The first-order valence-electron chi connectivity index (χ1n) is 6.97.